The molecule has 0 aliphatic carbocycles. The standard InChI is InChI=1S/C19H21NO5/c1-12-8-9-14(18(21)22)17(16(12)19(23)24)13-6-4-5-7-15(13)25-11-10-20(2)3/h4-9H,10-11H2,1-3H3,(H,21,22)(H,23,24). The zero-order chi connectivity index (χ0) is 18.6. The topological polar surface area (TPSA) is 87.1 Å². The van der Waals surface area contributed by atoms with E-state index in [1.807, 2.05) is 19.0 Å². The molecular weight excluding hydrogens is 322 g/mol. The molecule has 0 heterocycles. The number of ether oxygens (including phenoxy) is 1. The third kappa shape index (κ3) is 4.16. The Hall–Kier alpha value is -2.86. The van der Waals surface area contributed by atoms with Gasteiger partial charge in [0, 0.05) is 17.7 Å². The van der Waals surface area contributed by atoms with Gasteiger partial charge in [-0.15, -0.1) is 0 Å². The Kier molecular flexibility index (Phi) is 5.77. The fourth-order valence-corrected chi connectivity index (χ4v) is 2.58. The second kappa shape index (κ2) is 7.81. The van der Waals surface area contributed by atoms with Gasteiger partial charge in [-0.2, -0.15) is 0 Å². The molecule has 0 aromatic heterocycles. The summed E-state index contributed by atoms with van der Waals surface area (Å²) < 4.78 is 5.78. The third-order valence-corrected chi connectivity index (χ3v) is 3.81. The van der Waals surface area contributed by atoms with Gasteiger partial charge in [0.1, 0.15) is 12.4 Å². The maximum absolute atomic E-state index is 11.8. The van der Waals surface area contributed by atoms with Gasteiger partial charge >= 0.3 is 11.9 Å². The van der Waals surface area contributed by atoms with E-state index in [9.17, 15) is 19.8 Å². The van der Waals surface area contributed by atoms with Crippen LogP contribution in [-0.2, 0) is 0 Å². The van der Waals surface area contributed by atoms with Crippen molar-refractivity contribution in [2.75, 3.05) is 27.2 Å². The summed E-state index contributed by atoms with van der Waals surface area (Å²) in [7, 11) is 3.84. The third-order valence-electron chi connectivity index (χ3n) is 3.81. The molecule has 25 heavy (non-hydrogen) atoms. The minimum Gasteiger partial charge on any atom is -0.492 e. The number of carboxylic acid groups (broad SMARTS) is 2. The van der Waals surface area contributed by atoms with Gasteiger partial charge < -0.3 is 19.8 Å². The van der Waals surface area contributed by atoms with Crippen molar-refractivity contribution >= 4 is 11.9 Å². The number of aromatic carboxylic acids is 2. The lowest BCUT2D eigenvalue weighted by molar-refractivity contribution is 0.0695. The molecule has 0 bridgehead atoms. The smallest absolute Gasteiger partial charge is 0.336 e. The highest BCUT2D eigenvalue weighted by Gasteiger charge is 2.24. The Morgan fingerprint density at radius 3 is 2.32 bits per heavy atom. The first kappa shape index (κ1) is 18.5. The van der Waals surface area contributed by atoms with Gasteiger partial charge in [0.05, 0.1) is 11.1 Å². The first-order valence-electron chi connectivity index (χ1n) is 7.80. The molecule has 0 unspecified atom stereocenters. The van der Waals surface area contributed by atoms with Gasteiger partial charge in [0.25, 0.3) is 0 Å². The van der Waals surface area contributed by atoms with E-state index in [2.05, 4.69) is 0 Å². The average Bonchev–Trinajstić information content (AvgIpc) is 2.54. The molecule has 0 radical (unpaired) electrons. The number of benzene rings is 2. The zero-order valence-corrected chi connectivity index (χ0v) is 14.4. The van der Waals surface area contributed by atoms with Gasteiger partial charge in [0.15, 0.2) is 0 Å². The van der Waals surface area contributed by atoms with Crippen LogP contribution in [0.5, 0.6) is 5.75 Å². The van der Waals surface area contributed by atoms with Crippen molar-refractivity contribution in [1.82, 2.24) is 4.90 Å². The lowest BCUT2D eigenvalue weighted by Crippen LogP contribution is -2.19. The number of rotatable bonds is 7. The molecule has 0 aliphatic rings. The summed E-state index contributed by atoms with van der Waals surface area (Å²) in [4.78, 5) is 25.4. The van der Waals surface area contributed by atoms with Crippen molar-refractivity contribution in [3.63, 3.8) is 0 Å². The van der Waals surface area contributed by atoms with E-state index in [-0.39, 0.29) is 16.7 Å². The molecule has 0 aliphatic heterocycles. The van der Waals surface area contributed by atoms with Crippen molar-refractivity contribution < 1.29 is 24.5 Å². The van der Waals surface area contributed by atoms with Crippen molar-refractivity contribution in [2.24, 2.45) is 0 Å². The van der Waals surface area contributed by atoms with Crippen LogP contribution < -0.4 is 4.74 Å². The Labute approximate surface area is 146 Å². The molecule has 2 N–H and O–H groups in total. The number of likely N-dealkylation sites (N-methyl/N-ethyl adjacent to an activating group) is 1. The van der Waals surface area contributed by atoms with Gasteiger partial charge in [-0.05, 0) is 38.7 Å². The highest BCUT2D eigenvalue weighted by Crippen LogP contribution is 2.36. The normalized spacial score (nSPS) is 10.7. The molecule has 2 rings (SSSR count). The second-order valence-corrected chi connectivity index (χ2v) is 5.94. The van der Waals surface area contributed by atoms with Crippen molar-refractivity contribution in [2.45, 2.75) is 6.92 Å². The fourth-order valence-electron chi connectivity index (χ4n) is 2.58. The minimum absolute atomic E-state index is 0.0245. The van der Waals surface area contributed by atoms with Crippen LogP contribution in [0.2, 0.25) is 0 Å². The van der Waals surface area contributed by atoms with Crippen LogP contribution in [0, 0.1) is 6.92 Å². The Morgan fingerprint density at radius 2 is 1.72 bits per heavy atom. The molecular formula is C19H21NO5. The van der Waals surface area contributed by atoms with Crippen LogP contribution in [0.25, 0.3) is 11.1 Å². The Balaban J connectivity index is 2.63. The van der Waals surface area contributed by atoms with Crippen LogP contribution in [0.15, 0.2) is 36.4 Å². The zero-order valence-electron chi connectivity index (χ0n) is 14.4. The lowest BCUT2D eigenvalue weighted by Gasteiger charge is -2.17. The van der Waals surface area contributed by atoms with Gasteiger partial charge in [-0.3, -0.25) is 0 Å². The lowest BCUT2D eigenvalue weighted by atomic mass is 9.90. The van der Waals surface area contributed by atoms with Crippen molar-refractivity contribution in [3.8, 4) is 16.9 Å². The van der Waals surface area contributed by atoms with Crippen LogP contribution in [0.4, 0.5) is 0 Å². The molecule has 2 aromatic rings. The molecule has 6 nitrogen and oxygen atoms in total. The molecule has 0 saturated heterocycles. The van der Waals surface area contributed by atoms with Crippen LogP contribution in [-0.4, -0.2) is 54.3 Å². The molecule has 6 heteroatoms. The van der Waals surface area contributed by atoms with E-state index in [0.29, 0.717) is 30.0 Å². The number of hydrogen-bond acceptors (Lipinski definition) is 4. The number of aryl methyl sites for hydroxylation is 1. The summed E-state index contributed by atoms with van der Waals surface area (Å²) in [6.45, 7) is 2.73. The van der Waals surface area contributed by atoms with Crippen molar-refractivity contribution in [3.05, 3.63) is 53.1 Å². The molecule has 0 saturated carbocycles. The van der Waals surface area contributed by atoms with Crippen LogP contribution in [0.3, 0.4) is 0 Å². The number of nitrogens with zero attached hydrogens (tertiary/aromatic N) is 1. The molecule has 0 amide bonds. The summed E-state index contributed by atoms with van der Waals surface area (Å²) in [5.41, 5.74) is 1.03. The van der Waals surface area contributed by atoms with Crippen LogP contribution in [0.1, 0.15) is 26.3 Å². The molecule has 0 spiro atoms. The van der Waals surface area contributed by atoms with E-state index in [1.165, 1.54) is 12.1 Å². The summed E-state index contributed by atoms with van der Waals surface area (Å²) in [5, 5.41) is 19.1. The molecule has 132 valence electrons. The largest absolute Gasteiger partial charge is 0.492 e. The highest BCUT2D eigenvalue weighted by molar-refractivity contribution is 6.06. The van der Waals surface area contributed by atoms with Gasteiger partial charge in [-0.25, -0.2) is 9.59 Å². The fraction of sp³-hybridized carbons (Fsp3) is 0.263. The predicted octanol–water partition coefficient (Wildman–Crippen LogP) is 3.00. The number of carbonyl (C=O) groups is 2. The first-order valence-corrected chi connectivity index (χ1v) is 7.80. The average molecular weight is 343 g/mol. The minimum atomic E-state index is -1.18. The Morgan fingerprint density at radius 1 is 1.04 bits per heavy atom. The number of carboxylic acids is 2. The summed E-state index contributed by atoms with van der Waals surface area (Å²) >= 11 is 0. The van der Waals surface area contributed by atoms with Crippen molar-refractivity contribution in [1.29, 1.82) is 0 Å². The number of para-hydroxylation sites is 1. The quantitative estimate of drug-likeness (QED) is 0.804. The van der Waals surface area contributed by atoms with Gasteiger partial charge in [0.2, 0.25) is 0 Å². The SMILES string of the molecule is Cc1ccc(C(=O)O)c(-c2ccccc2OCCN(C)C)c1C(=O)O. The Bertz CT molecular complexity index is 798. The van der Waals surface area contributed by atoms with E-state index in [0.717, 1.165) is 0 Å². The summed E-state index contributed by atoms with van der Waals surface area (Å²) in [5.74, 6) is -1.89. The summed E-state index contributed by atoms with van der Waals surface area (Å²) in [6.07, 6.45) is 0. The van der Waals surface area contributed by atoms with Crippen LogP contribution >= 0.6 is 0 Å². The second-order valence-electron chi connectivity index (χ2n) is 5.94. The first-order chi connectivity index (χ1) is 11.8. The predicted molar refractivity (Wildman–Crippen MR) is 94.6 cm³/mol. The molecule has 0 atom stereocenters. The maximum atomic E-state index is 11.8. The summed E-state index contributed by atoms with van der Waals surface area (Å²) in [6, 6.07) is 9.82. The van der Waals surface area contributed by atoms with E-state index >= 15 is 0 Å². The number of hydrogen-bond donors (Lipinski definition) is 2. The van der Waals surface area contributed by atoms with E-state index in [4.69, 9.17) is 4.74 Å². The van der Waals surface area contributed by atoms with E-state index in [1.54, 1.807) is 31.2 Å². The monoisotopic (exact) mass is 343 g/mol. The molecule has 2 aromatic carbocycles. The molecule has 0 fully saturated rings. The van der Waals surface area contributed by atoms with E-state index < -0.39 is 11.9 Å². The maximum Gasteiger partial charge on any atom is 0.336 e. The van der Waals surface area contributed by atoms with Gasteiger partial charge in [-0.1, -0.05) is 24.3 Å². The highest BCUT2D eigenvalue weighted by atomic mass is 16.5.